The van der Waals surface area contributed by atoms with Crippen LogP contribution in [0.25, 0.3) is 0 Å². The summed E-state index contributed by atoms with van der Waals surface area (Å²) < 4.78 is 37.7. The van der Waals surface area contributed by atoms with Gasteiger partial charge in [-0.3, -0.25) is 4.90 Å². The molecule has 4 nitrogen and oxygen atoms in total. The Morgan fingerprint density at radius 1 is 1.38 bits per heavy atom. The molecule has 2 heterocycles. The summed E-state index contributed by atoms with van der Waals surface area (Å²) in [5.74, 6) is -1.06. The van der Waals surface area contributed by atoms with Gasteiger partial charge in [-0.1, -0.05) is 0 Å². The van der Waals surface area contributed by atoms with Crippen molar-refractivity contribution in [1.82, 2.24) is 19.8 Å². The Balaban J connectivity index is 2.06. The van der Waals surface area contributed by atoms with Gasteiger partial charge < -0.3 is 4.90 Å². The molecule has 1 aliphatic rings. The number of aromatic nitrogens is 2. The number of hydrogen-bond donors (Lipinski definition) is 0. The number of alkyl halides is 3. The molecule has 1 aliphatic heterocycles. The Labute approximate surface area is 123 Å². The van der Waals surface area contributed by atoms with Crippen molar-refractivity contribution in [1.29, 1.82) is 0 Å². The molecule has 1 saturated heterocycles. The van der Waals surface area contributed by atoms with Crippen molar-refractivity contribution < 1.29 is 13.2 Å². The van der Waals surface area contributed by atoms with Crippen molar-refractivity contribution in [3.05, 3.63) is 23.3 Å². The fraction of sp³-hybridized carbons (Fsp3) is 0.714. The molecule has 0 N–H and O–H groups in total. The molecular formula is C14H21F3N4. The quantitative estimate of drug-likeness (QED) is 0.858. The predicted molar refractivity (Wildman–Crippen MR) is 73.8 cm³/mol. The monoisotopic (exact) mass is 302 g/mol. The van der Waals surface area contributed by atoms with Crippen molar-refractivity contribution in [2.45, 2.75) is 38.5 Å². The van der Waals surface area contributed by atoms with E-state index in [9.17, 15) is 13.2 Å². The summed E-state index contributed by atoms with van der Waals surface area (Å²) in [7, 11) is 4.11. The van der Waals surface area contributed by atoms with Gasteiger partial charge in [-0.2, -0.15) is 13.2 Å². The number of halogens is 3. The highest BCUT2D eigenvalue weighted by atomic mass is 19.4. The topological polar surface area (TPSA) is 32.3 Å². The number of hydrogen-bond acceptors (Lipinski definition) is 4. The van der Waals surface area contributed by atoms with E-state index in [0.29, 0.717) is 18.3 Å². The lowest BCUT2D eigenvalue weighted by Gasteiger charge is -2.36. The molecule has 0 amide bonds. The van der Waals surface area contributed by atoms with Crippen LogP contribution in [-0.2, 0) is 12.7 Å². The minimum absolute atomic E-state index is 0.407. The minimum atomic E-state index is -4.48. The van der Waals surface area contributed by atoms with Crippen molar-refractivity contribution in [3.63, 3.8) is 0 Å². The van der Waals surface area contributed by atoms with Crippen LogP contribution in [0.4, 0.5) is 13.2 Å². The van der Waals surface area contributed by atoms with Crippen LogP contribution in [0.1, 0.15) is 29.9 Å². The molecule has 0 spiro atoms. The molecule has 21 heavy (non-hydrogen) atoms. The van der Waals surface area contributed by atoms with Crippen LogP contribution >= 0.6 is 0 Å². The van der Waals surface area contributed by atoms with Gasteiger partial charge >= 0.3 is 6.18 Å². The molecule has 7 heteroatoms. The van der Waals surface area contributed by atoms with Gasteiger partial charge in [0.05, 0.1) is 0 Å². The highest BCUT2D eigenvalue weighted by Crippen LogP contribution is 2.26. The maximum atomic E-state index is 12.6. The zero-order chi connectivity index (χ0) is 15.6. The summed E-state index contributed by atoms with van der Waals surface area (Å²) in [6.45, 7) is 4.10. The third-order valence-electron chi connectivity index (χ3n) is 3.94. The van der Waals surface area contributed by atoms with Gasteiger partial charge in [0.25, 0.3) is 0 Å². The van der Waals surface area contributed by atoms with Gasteiger partial charge in [0.15, 0.2) is 0 Å². The van der Waals surface area contributed by atoms with Crippen LogP contribution < -0.4 is 0 Å². The lowest BCUT2D eigenvalue weighted by Crippen LogP contribution is -2.44. The highest BCUT2D eigenvalue weighted by Gasteiger charge is 2.35. The molecule has 118 valence electrons. The van der Waals surface area contributed by atoms with Gasteiger partial charge in [0.2, 0.25) is 5.82 Å². The number of likely N-dealkylation sites (tertiary alicyclic amines) is 1. The van der Waals surface area contributed by atoms with Crippen LogP contribution in [0.15, 0.2) is 6.20 Å². The second-order valence-corrected chi connectivity index (χ2v) is 5.80. The summed E-state index contributed by atoms with van der Waals surface area (Å²) in [4.78, 5) is 11.5. The average molecular weight is 302 g/mol. The maximum absolute atomic E-state index is 12.6. The van der Waals surface area contributed by atoms with Crippen LogP contribution in [-0.4, -0.2) is 53.0 Å². The maximum Gasteiger partial charge on any atom is 0.451 e. The molecule has 2 rings (SSSR count). The molecule has 0 bridgehead atoms. The molecule has 1 aromatic heterocycles. The summed E-state index contributed by atoms with van der Waals surface area (Å²) in [6.07, 6.45) is -0.912. The van der Waals surface area contributed by atoms with Crippen molar-refractivity contribution >= 4 is 0 Å². The Kier molecular flexibility index (Phi) is 4.83. The van der Waals surface area contributed by atoms with Gasteiger partial charge in [-0.15, -0.1) is 0 Å². The first-order valence-electron chi connectivity index (χ1n) is 7.06. The normalized spacial score (nSPS) is 21.0. The van der Waals surface area contributed by atoms with E-state index in [1.54, 1.807) is 6.92 Å². The minimum Gasteiger partial charge on any atom is -0.305 e. The van der Waals surface area contributed by atoms with Crippen molar-refractivity contribution in [2.75, 3.05) is 27.2 Å². The lowest BCUT2D eigenvalue weighted by atomic mass is 10.0. The Hall–Kier alpha value is -1.21. The van der Waals surface area contributed by atoms with Gasteiger partial charge in [0.1, 0.15) is 0 Å². The van der Waals surface area contributed by atoms with E-state index in [2.05, 4.69) is 33.9 Å². The third-order valence-corrected chi connectivity index (χ3v) is 3.94. The van der Waals surface area contributed by atoms with Crippen molar-refractivity contribution in [3.8, 4) is 0 Å². The Bertz CT molecular complexity index is 488. The van der Waals surface area contributed by atoms with Crippen LogP contribution in [0.3, 0.4) is 0 Å². The molecular weight excluding hydrogens is 281 g/mol. The fourth-order valence-corrected chi connectivity index (χ4v) is 2.62. The first-order chi connectivity index (χ1) is 9.77. The molecule has 0 aliphatic carbocycles. The van der Waals surface area contributed by atoms with Gasteiger partial charge in [-0.25, -0.2) is 9.97 Å². The number of piperidine rings is 1. The number of nitrogens with zero attached hydrogens (tertiary/aromatic N) is 4. The van der Waals surface area contributed by atoms with E-state index in [4.69, 9.17) is 0 Å². The average Bonchev–Trinajstić information content (AvgIpc) is 2.40. The molecule has 0 radical (unpaired) electrons. The predicted octanol–water partition coefficient (Wildman–Crippen LogP) is 2.33. The Morgan fingerprint density at radius 3 is 2.67 bits per heavy atom. The van der Waals surface area contributed by atoms with E-state index in [1.165, 1.54) is 6.20 Å². The largest absolute Gasteiger partial charge is 0.451 e. The summed E-state index contributed by atoms with van der Waals surface area (Å²) in [5, 5.41) is 0. The van der Waals surface area contributed by atoms with E-state index in [-0.39, 0.29) is 0 Å². The van der Waals surface area contributed by atoms with Gasteiger partial charge in [-0.05, 0) is 40.4 Å². The third kappa shape index (κ3) is 4.14. The zero-order valence-corrected chi connectivity index (χ0v) is 12.6. The molecule has 1 unspecified atom stereocenters. The van der Waals surface area contributed by atoms with Gasteiger partial charge in [0, 0.05) is 36.6 Å². The SMILES string of the molecule is Cc1nc(C(F)(F)F)ncc1CN1CCCC(N(C)C)C1. The summed E-state index contributed by atoms with van der Waals surface area (Å²) >= 11 is 0. The van der Waals surface area contributed by atoms with E-state index < -0.39 is 12.0 Å². The fourth-order valence-electron chi connectivity index (χ4n) is 2.62. The highest BCUT2D eigenvalue weighted by molar-refractivity contribution is 5.17. The second kappa shape index (κ2) is 6.27. The first-order valence-corrected chi connectivity index (χ1v) is 7.06. The first kappa shape index (κ1) is 16.2. The number of aryl methyl sites for hydroxylation is 1. The van der Waals surface area contributed by atoms with Crippen LogP contribution in [0, 0.1) is 6.92 Å². The van der Waals surface area contributed by atoms with Crippen LogP contribution in [0.2, 0.25) is 0 Å². The lowest BCUT2D eigenvalue weighted by molar-refractivity contribution is -0.145. The molecule has 1 fully saturated rings. The Morgan fingerprint density at radius 2 is 2.10 bits per heavy atom. The van der Waals surface area contributed by atoms with E-state index >= 15 is 0 Å². The summed E-state index contributed by atoms with van der Waals surface area (Å²) in [5.41, 5.74) is 1.17. The zero-order valence-electron chi connectivity index (χ0n) is 12.6. The number of rotatable bonds is 3. The molecule has 0 aromatic carbocycles. The number of likely N-dealkylation sites (N-methyl/N-ethyl adjacent to an activating group) is 1. The molecule has 1 atom stereocenters. The van der Waals surface area contributed by atoms with Crippen LogP contribution in [0.5, 0.6) is 0 Å². The second-order valence-electron chi connectivity index (χ2n) is 5.80. The standard InChI is InChI=1S/C14H21F3N4/c1-10-11(7-18-13(19-10)14(15,16)17)8-21-6-4-5-12(9-21)20(2)3/h7,12H,4-6,8-9H2,1-3H3. The van der Waals surface area contributed by atoms with E-state index in [0.717, 1.165) is 31.5 Å². The van der Waals surface area contributed by atoms with E-state index in [1.807, 2.05) is 0 Å². The smallest absolute Gasteiger partial charge is 0.305 e. The summed E-state index contributed by atoms with van der Waals surface area (Å²) in [6, 6.07) is 0.495. The van der Waals surface area contributed by atoms with Crippen molar-refractivity contribution in [2.24, 2.45) is 0 Å². The molecule has 1 aromatic rings. The molecule has 0 saturated carbocycles.